The van der Waals surface area contributed by atoms with E-state index in [-0.39, 0.29) is 16.1 Å². The highest BCUT2D eigenvalue weighted by molar-refractivity contribution is 7.92. The molecule has 1 aliphatic rings. The van der Waals surface area contributed by atoms with Crippen molar-refractivity contribution in [2.24, 2.45) is 5.41 Å². The zero-order chi connectivity index (χ0) is 20.3. The average Bonchev–Trinajstić information content (AvgIpc) is 2.91. The summed E-state index contributed by atoms with van der Waals surface area (Å²) < 4.78 is 28.8. The van der Waals surface area contributed by atoms with Gasteiger partial charge in [-0.2, -0.15) is 0 Å². The van der Waals surface area contributed by atoms with Crippen LogP contribution in [-0.2, 0) is 16.4 Å². The van der Waals surface area contributed by atoms with Gasteiger partial charge in [-0.3, -0.25) is 9.52 Å². The molecule has 146 valence electrons. The van der Waals surface area contributed by atoms with Crippen LogP contribution in [0, 0.1) is 19.3 Å². The Hall–Kier alpha value is -2.60. The number of rotatable bonds is 3. The van der Waals surface area contributed by atoms with Crippen molar-refractivity contribution >= 4 is 32.4 Å². The van der Waals surface area contributed by atoms with Gasteiger partial charge in [0.2, 0.25) is 0 Å². The number of hydrogen-bond donors (Lipinski definition) is 2. The molecule has 0 spiro atoms. The summed E-state index contributed by atoms with van der Waals surface area (Å²) in [4.78, 5) is 16.2. The highest BCUT2D eigenvalue weighted by Gasteiger charge is 2.34. The molecule has 2 N–H and O–H groups in total. The van der Waals surface area contributed by atoms with Gasteiger partial charge in [0.1, 0.15) is 0 Å². The van der Waals surface area contributed by atoms with Crippen molar-refractivity contribution in [1.29, 1.82) is 0 Å². The summed E-state index contributed by atoms with van der Waals surface area (Å²) in [6.45, 7) is 7.78. The summed E-state index contributed by atoms with van der Waals surface area (Å²) in [5.41, 5.74) is 4.24. The van der Waals surface area contributed by atoms with Crippen LogP contribution in [0.4, 0.5) is 5.69 Å². The Morgan fingerprint density at radius 2 is 1.75 bits per heavy atom. The van der Waals surface area contributed by atoms with E-state index in [1.54, 1.807) is 25.1 Å². The molecule has 0 aliphatic heterocycles. The summed E-state index contributed by atoms with van der Waals surface area (Å²) in [7, 11) is -3.75. The third-order valence-corrected chi connectivity index (χ3v) is 6.93. The molecule has 3 aromatic rings. The summed E-state index contributed by atoms with van der Waals surface area (Å²) in [5.74, 6) is 0.116. The van der Waals surface area contributed by atoms with Gasteiger partial charge in [0.05, 0.1) is 10.6 Å². The van der Waals surface area contributed by atoms with Gasteiger partial charge in [0, 0.05) is 28.6 Å². The molecule has 28 heavy (non-hydrogen) atoms. The van der Waals surface area contributed by atoms with Gasteiger partial charge < -0.3 is 4.98 Å². The fraction of sp³-hybridized carbons (Fsp3) is 0.318. The number of anilines is 1. The van der Waals surface area contributed by atoms with Crippen molar-refractivity contribution < 1.29 is 13.2 Å². The van der Waals surface area contributed by atoms with Crippen LogP contribution in [0.15, 0.2) is 41.3 Å². The van der Waals surface area contributed by atoms with Gasteiger partial charge >= 0.3 is 0 Å². The lowest BCUT2D eigenvalue weighted by Gasteiger charge is -2.28. The summed E-state index contributed by atoms with van der Waals surface area (Å²) in [6, 6.07) is 10.7. The maximum absolute atomic E-state index is 13.0. The van der Waals surface area contributed by atoms with Crippen LogP contribution in [0.3, 0.4) is 0 Å². The third kappa shape index (κ3) is 3.11. The highest BCUT2D eigenvalue weighted by atomic mass is 32.2. The van der Waals surface area contributed by atoms with Crippen LogP contribution in [0.25, 0.3) is 10.9 Å². The molecule has 4 rings (SSSR count). The van der Waals surface area contributed by atoms with Crippen molar-refractivity contribution in [2.45, 2.75) is 45.4 Å². The molecule has 1 aromatic heterocycles. The lowest BCUT2D eigenvalue weighted by Crippen LogP contribution is -2.26. The second kappa shape index (κ2) is 6.21. The molecule has 1 heterocycles. The van der Waals surface area contributed by atoms with E-state index in [1.165, 1.54) is 0 Å². The van der Waals surface area contributed by atoms with Crippen LogP contribution in [0.2, 0.25) is 0 Å². The fourth-order valence-corrected chi connectivity index (χ4v) is 5.46. The molecule has 0 saturated carbocycles. The van der Waals surface area contributed by atoms with Crippen LogP contribution < -0.4 is 4.72 Å². The van der Waals surface area contributed by atoms with Crippen molar-refractivity contribution in [3.63, 3.8) is 0 Å². The minimum Gasteiger partial charge on any atom is -0.358 e. The van der Waals surface area contributed by atoms with Crippen LogP contribution >= 0.6 is 0 Å². The standard InChI is InChI=1S/C22H24N2O3S/c1-13-7-5-6-8-16(13)24-28(26,27)20-10-17-15(9-14(20)2)21-18(23-17)11-22(3,4)12-19(21)25/h5-10,23-24H,11-12H2,1-4H3. The van der Waals surface area contributed by atoms with Gasteiger partial charge in [-0.25, -0.2) is 8.42 Å². The van der Waals surface area contributed by atoms with E-state index in [2.05, 4.69) is 23.6 Å². The monoisotopic (exact) mass is 396 g/mol. The normalized spacial score (nSPS) is 16.2. The number of aromatic nitrogens is 1. The molecule has 0 radical (unpaired) electrons. The van der Waals surface area contributed by atoms with E-state index in [0.29, 0.717) is 28.8 Å². The first-order valence-corrected chi connectivity index (χ1v) is 10.8. The number of carbonyl (C=O) groups excluding carboxylic acids is 1. The zero-order valence-electron chi connectivity index (χ0n) is 16.5. The Kier molecular flexibility index (Phi) is 4.16. The predicted octanol–water partition coefficient (Wildman–Crippen LogP) is 4.74. The Morgan fingerprint density at radius 3 is 2.46 bits per heavy atom. The molecule has 6 heteroatoms. The second-order valence-corrected chi connectivity index (χ2v) is 10.2. The lowest BCUT2D eigenvalue weighted by molar-refractivity contribution is 0.0913. The minimum absolute atomic E-state index is 0.0959. The van der Waals surface area contributed by atoms with Gasteiger partial charge in [0.25, 0.3) is 10.0 Å². The second-order valence-electron chi connectivity index (χ2n) is 8.50. The molecule has 0 amide bonds. The molecule has 0 atom stereocenters. The number of benzene rings is 2. The zero-order valence-corrected chi connectivity index (χ0v) is 17.3. The molecule has 2 aromatic carbocycles. The minimum atomic E-state index is -3.75. The van der Waals surface area contributed by atoms with E-state index >= 15 is 0 Å². The van der Waals surface area contributed by atoms with E-state index in [0.717, 1.165) is 23.1 Å². The Labute approximate surface area is 165 Å². The predicted molar refractivity (Wildman–Crippen MR) is 111 cm³/mol. The number of Topliss-reactive ketones (excluding diaryl/α,β-unsaturated/α-hetero) is 1. The van der Waals surface area contributed by atoms with Gasteiger partial charge in [-0.05, 0) is 55.0 Å². The van der Waals surface area contributed by atoms with E-state index in [4.69, 9.17) is 0 Å². The number of ketones is 1. The van der Waals surface area contributed by atoms with Gasteiger partial charge in [-0.15, -0.1) is 0 Å². The first-order valence-electron chi connectivity index (χ1n) is 9.34. The molecule has 0 unspecified atom stereocenters. The van der Waals surface area contributed by atoms with E-state index in [1.807, 2.05) is 25.1 Å². The molecular weight excluding hydrogens is 372 g/mol. The first-order chi connectivity index (χ1) is 13.1. The van der Waals surface area contributed by atoms with Crippen LogP contribution in [0.1, 0.15) is 47.4 Å². The fourth-order valence-electron chi connectivity index (χ4n) is 4.08. The molecule has 0 fully saturated rings. The Balaban J connectivity index is 1.82. The average molecular weight is 397 g/mol. The van der Waals surface area contributed by atoms with Crippen molar-refractivity contribution in [3.05, 3.63) is 58.8 Å². The lowest BCUT2D eigenvalue weighted by atomic mass is 9.76. The Morgan fingerprint density at radius 1 is 1.04 bits per heavy atom. The van der Waals surface area contributed by atoms with E-state index < -0.39 is 10.0 Å². The SMILES string of the molecule is Cc1ccccc1NS(=O)(=O)c1cc2[nH]c3c(c2cc1C)C(=O)CC(C)(C)C3. The largest absolute Gasteiger partial charge is 0.358 e. The molecular formula is C22H24N2O3S. The number of carbonyl (C=O) groups is 1. The van der Waals surface area contributed by atoms with Crippen molar-refractivity contribution in [3.8, 4) is 0 Å². The molecule has 0 saturated heterocycles. The number of fused-ring (bicyclic) bond motifs is 3. The summed E-state index contributed by atoms with van der Waals surface area (Å²) in [5, 5.41) is 0.808. The number of para-hydroxylation sites is 1. The van der Waals surface area contributed by atoms with Crippen LogP contribution in [-0.4, -0.2) is 19.2 Å². The summed E-state index contributed by atoms with van der Waals surface area (Å²) in [6.07, 6.45) is 1.27. The number of aryl methyl sites for hydroxylation is 2. The van der Waals surface area contributed by atoms with Crippen molar-refractivity contribution in [1.82, 2.24) is 4.98 Å². The molecule has 0 bridgehead atoms. The maximum Gasteiger partial charge on any atom is 0.262 e. The highest BCUT2D eigenvalue weighted by Crippen LogP contribution is 2.39. The number of aromatic amines is 1. The third-order valence-electron chi connectivity index (χ3n) is 5.42. The Bertz CT molecular complexity index is 1220. The number of nitrogens with one attached hydrogen (secondary N) is 2. The molecule has 1 aliphatic carbocycles. The smallest absolute Gasteiger partial charge is 0.262 e. The first kappa shape index (κ1) is 18.7. The number of sulfonamides is 1. The van der Waals surface area contributed by atoms with Gasteiger partial charge in [-0.1, -0.05) is 32.0 Å². The quantitative estimate of drug-likeness (QED) is 0.671. The summed E-state index contributed by atoms with van der Waals surface area (Å²) >= 11 is 0. The molecule has 5 nitrogen and oxygen atoms in total. The van der Waals surface area contributed by atoms with Crippen molar-refractivity contribution in [2.75, 3.05) is 4.72 Å². The maximum atomic E-state index is 13.0. The van der Waals surface area contributed by atoms with E-state index in [9.17, 15) is 13.2 Å². The van der Waals surface area contributed by atoms with Gasteiger partial charge in [0.15, 0.2) is 5.78 Å². The number of H-pyrrole nitrogens is 1. The topological polar surface area (TPSA) is 79.0 Å². The number of hydrogen-bond acceptors (Lipinski definition) is 3. The van der Waals surface area contributed by atoms with Crippen LogP contribution in [0.5, 0.6) is 0 Å².